The number of ether oxygens (including phenoxy) is 12. The van der Waals surface area contributed by atoms with Crippen molar-refractivity contribution in [2.75, 3.05) is 101 Å². The highest BCUT2D eigenvalue weighted by atomic mass is 16.6. The highest BCUT2D eigenvalue weighted by Gasteiger charge is 2.26. The fraction of sp³-hybridized carbons (Fsp3) is 0.326. The minimum Gasteiger partial charge on any atom is -0.465 e. The van der Waals surface area contributed by atoms with Crippen LogP contribution in [0.4, 0.5) is 41.9 Å². The summed E-state index contributed by atoms with van der Waals surface area (Å²) in [6, 6.07) is 59.4. The van der Waals surface area contributed by atoms with Crippen LogP contribution in [0.1, 0.15) is 105 Å². The summed E-state index contributed by atoms with van der Waals surface area (Å²) in [4.78, 5) is 125. The largest absolute Gasteiger partial charge is 0.465 e. The van der Waals surface area contributed by atoms with Gasteiger partial charge >= 0.3 is 60.2 Å². The van der Waals surface area contributed by atoms with Crippen LogP contribution in [0.3, 0.4) is 0 Å². The standard InChI is InChI=1S/C86H90N4O22/c91-77(29-1-2-30-78(92)112-86(100)90-74-28-12-22-64(50-74)41-62-16-8-19-69(45-62)53-81(95)105-38-37-104-80(94)52-68-18-5-13-59(42-68)39-60-14-6-20-70(43-60)54-82(96)110-57-75-55-108-75)103-35-33-101-34-36-107-84(98)88-72-26-11-24-66(49-72)46-65-23-10-25-71(48-65)87-83(97)106-32-4-3-31-102-79(93)51-67-17-7-15-61(44-67)40-63-21-9-27-73(47-63)89-85(99)111-58-76-56-109-76/h5-28,42-45,47-50,75-76H,1-4,29-41,46,51-58H2,(H,87,97)(H,88,98)(H,89,99)(H,90,100). The van der Waals surface area contributed by atoms with Gasteiger partial charge in [0.1, 0.15) is 51.8 Å². The van der Waals surface area contributed by atoms with E-state index in [0.29, 0.717) is 86.5 Å². The molecule has 2 saturated heterocycles. The maximum absolute atomic E-state index is 12.8. The Morgan fingerprint density at radius 3 is 0.946 bits per heavy atom. The second kappa shape index (κ2) is 44.4. The highest BCUT2D eigenvalue weighted by Crippen LogP contribution is 2.23. The number of amides is 4. The van der Waals surface area contributed by atoms with Gasteiger partial charge in [-0.2, -0.15) is 0 Å². The molecule has 2 aliphatic heterocycles. The lowest BCUT2D eigenvalue weighted by Crippen LogP contribution is -2.18. The normalized spacial score (nSPS) is 13.0. The van der Waals surface area contributed by atoms with E-state index in [2.05, 4.69) is 21.3 Å². The van der Waals surface area contributed by atoms with Crippen LogP contribution in [-0.4, -0.2) is 152 Å². The molecule has 2 atom stereocenters. The van der Waals surface area contributed by atoms with E-state index in [0.717, 1.165) is 61.2 Å². The molecule has 0 bridgehead atoms. The summed E-state index contributed by atoms with van der Waals surface area (Å²) in [5, 5.41) is 10.8. The molecular weight excluding hydrogens is 1440 g/mol. The van der Waals surface area contributed by atoms with E-state index in [1.54, 1.807) is 54.6 Å². The van der Waals surface area contributed by atoms with Gasteiger partial charge in [-0.05, 0) is 167 Å². The van der Waals surface area contributed by atoms with E-state index in [1.165, 1.54) is 0 Å². The molecule has 0 spiro atoms. The molecule has 8 aromatic carbocycles. The van der Waals surface area contributed by atoms with Crippen LogP contribution in [0.15, 0.2) is 194 Å². The van der Waals surface area contributed by atoms with Gasteiger partial charge in [0, 0.05) is 35.6 Å². The number of hydrogen-bond acceptors (Lipinski definition) is 22. The van der Waals surface area contributed by atoms with Gasteiger partial charge in [-0.25, -0.2) is 19.2 Å². The van der Waals surface area contributed by atoms with Crippen molar-refractivity contribution in [3.8, 4) is 0 Å². The van der Waals surface area contributed by atoms with Crippen LogP contribution in [0.5, 0.6) is 0 Å². The van der Waals surface area contributed by atoms with E-state index in [9.17, 15) is 47.9 Å². The van der Waals surface area contributed by atoms with Crippen molar-refractivity contribution in [3.63, 3.8) is 0 Å². The molecule has 10 rings (SSSR count). The highest BCUT2D eigenvalue weighted by molar-refractivity contribution is 5.93. The maximum atomic E-state index is 12.8. The van der Waals surface area contributed by atoms with Gasteiger partial charge in [0.25, 0.3) is 0 Å². The van der Waals surface area contributed by atoms with Crippen LogP contribution in [0.2, 0.25) is 0 Å². The SMILES string of the molecule is O=C(CCCCC(=O)OC(=O)Nc1cccc(Cc2cccc(CC(=O)OCCOC(=O)Cc3cccc(Cc4cccc(CC(=O)OCC5CO5)c4)c3)c2)c1)OCCOCCOC(=O)Nc1cccc(Cc2cccc(NC(=O)OCCCCOC(=O)Cc3cccc(Cc4cccc(NC(=O)OCC5CO5)c4)c3)c2)c1. The molecule has 26 heteroatoms. The number of unbranched alkanes of at least 4 members (excludes halogenated alkanes) is 2. The molecule has 586 valence electrons. The predicted octanol–water partition coefficient (Wildman–Crippen LogP) is 12.9. The monoisotopic (exact) mass is 1530 g/mol. The molecule has 0 saturated carbocycles. The lowest BCUT2D eigenvalue weighted by Gasteiger charge is -2.11. The number of carbonyl (C=O) groups excluding carboxylic acids is 10. The van der Waals surface area contributed by atoms with Gasteiger partial charge in [-0.15, -0.1) is 0 Å². The molecule has 0 aromatic heterocycles. The Hall–Kier alpha value is -12.3. The Bertz CT molecular complexity index is 4520. The van der Waals surface area contributed by atoms with E-state index in [4.69, 9.17) is 56.8 Å². The van der Waals surface area contributed by atoms with Crippen molar-refractivity contribution in [2.24, 2.45) is 0 Å². The number of nitrogens with one attached hydrogen (secondary N) is 4. The van der Waals surface area contributed by atoms with Crippen LogP contribution in [0.25, 0.3) is 0 Å². The summed E-state index contributed by atoms with van der Waals surface area (Å²) < 4.78 is 63.1. The van der Waals surface area contributed by atoms with E-state index >= 15 is 0 Å². The Balaban J connectivity index is 0.510. The molecule has 4 N–H and O–H groups in total. The van der Waals surface area contributed by atoms with Crippen molar-refractivity contribution in [2.45, 2.75) is 102 Å². The molecule has 2 unspecified atom stereocenters. The van der Waals surface area contributed by atoms with E-state index < -0.39 is 48.3 Å². The Kier molecular flexibility index (Phi) is 32.6. The Morgan fingerprint density at radius 1 is 0.277 bits per heavy atom. The quantitative estimate of drug-likeness (QED) is 0.00906. The number of benzene rings is 8. The van der Waals surface area contributed by atoms with Crippen molar-refractivity contribution in [3.05, 3.63) is 261 Å². The van der Waals surface area contributed by atoms with Crippen molar-refractivity contribution < 1.29 is 105 Å². The summed E-state index contributed by atoms with van der Waals surface area (Å²) in [5.41, 5.74) is 12.6. The minimum absolute atomic E-state index is 0.00903. The first-order valence-corrected chi connectivity index (χ1v) is 37.1. The van der Waals surface area contributed by atoms with Crippen LogP contribution in [0, 0.1) is 0 Å². The summed E-state index contributed by atoms with van der Waals surface area (Å²) in [7, 11) is 0. The number of carbonyl (C=O) groups is 10. The smallest absolute Gasteiger partial charge is 0.419 e. The van der Waals surface area contributed by atoms with E-state index in [1.807, 2.05) is 140 Å². The third kappa shape index (κ3) is 32.1. The fourth-order valence-electron chi connectivity index (χ4n) is 11.7. The zero-order valence-electron chi connectivity index (χ0n) is 62.0. The molecule has 2 fully saturated rings. The van der Waals surface area contributed by atoms with Crippen LogP contribution in [-0.2, 0) is 137 Å². The van der Waals surface area contributed by atoms with E-state index in [-0.39, 0.29) is 135 Å². The molecule has 2 heterocycles. The lowest BCUT2D eigenvalue weighted by molar-refractivity contribution is -0.151. The van der Waals surface area contributed by atoms with Gasteiger partial charge in [-0.1, -0.05) is 146 Å². The zero-order chi connectivity index (χ0) is 78.5. The average molecular weight is 1530 g/mol. The molecule has 4 amide bonds. The third-order valence-corrected chi connectivity index (χ3v) is 17.1. The molecular formula is C86H90N4O22. The first-order valence-electron chi connectivity index (χ1n) is 37.1. The van der Waals surface area contributed by atoms with Crippen LogP contribution < -0.4 is 21.3 Å². The number of anilines is 4. The lowest BCUT2D eigenvalue weighted by atomic mass is 9.99. The van der Waals surface area contributed by atoms with Gasteiger partial charge in [0.05, 0.1) is 65.3 Å². The molecule has 2 aliphatic rings. The Morgan fingerprint density at radius 2 is 0.554 bits per heavy atom. The van der Waals surface area contributed by atoms with Crippen molar-refractivity contribution in [1.82, 2.24) is 0 Å². The zero-order valence-corrected chi connectivity index (χ0v) is 62.0. The van der Waals surface area contributed by atoms with Gasteiger partial charge < -0.3 is 56.8 Å². The number of rotatable bonds is 43. The van der Waals surface area contributed by atoms with Gasteiger partial charge in [0.15, 0.2) is 0 Å². The van der Waals surface area contributed by atoms with Crippen molar-refractivity contribution in [1.29, 1.82) is 0 Å². The molecule has 8 aromatic rings. The molecule has 26 nitrogen and oxygen atoms in total. The second-order valence-corrected chi connectivity index (χ2v) is 26.6. The summed E-state index contributed by atoms with van der Waals surface area (Å²) in [6.07, 6.45) is 1.04. The average Bonchev–Trinajstić information content (AvgIpc) is 1.63. The first-order chi connectivity index (χ1) is 54.5. The van der Waals surface area contributed by atoms with Gasteiger partial charge in [0.2, 0.25) is 0 Å². The number of esters is 6. The topological polar surface area (TPSA) is 336 Å². The first kappa shape index (κ1) is 82.2. The second-order valence-electron chi connectivity index (χ2n) is 26.6. The number of epoxide rings is 2. The maximum Gasteiger partial charge on any atom is 0.419 e. The minimum atomic E-state index is -0.962. The fourth-order valence-corrected chi connectivity index (χ4v) is 11.7. The third-order valence-electron chi connectivity index (χ3n) is 17.1. The van der Waals surface area contributed by atoms with Gasteiger partial charge in [-0.3, -0.25) is 50.0 Å². The summed E-state index contributed by atoms with van der Waals surface area (Å²) >= 11 is 0. The predicted molar refractivity (Wildman–Crippen MR) is 410 cm³/mol. The summed E-state index contributed by atoms with van der Waals surface area (Å²) in [5.74, 6) is -2.89. The Labute approximate surface area is 648 Å². The van der Waals surface area contributed by atoms with Crippen LogP contribution >= 0.6 is 0 Å². The molecule has 112 heavy (non-hydrogen) atoms. The molecule has 0 aliphatic carbocycles. The number of hydrogen-bond donors (Lipinski definition) is 4. The molecule has 0 radical (unpaired) electrons. The van der Waals surface area contributed by atoms with Crippen molar-refractivity contribution >= 4 is 82.9 Å². The summed E-state index contributed by atoms with van der Waals surface area (Å²) in [6.45, 7) is 1.77.